The van der Waals surface area contributed by atoms with Crippen LogP contribution in [0.25, 0.3) is 10.2 Å². The summed E-state index contributed by atoms with van der Waals surface area (Å²) in [7, 11) is -3.35. The quantitative estimate of drug-likeness (QED) is 0.787. The Hall–Kier alpha value is -1.72. The Labute approximate surface area is 157 Å². The van der Waals surface area contributed by atoms with Crippen molar-refractivity contribution in [3.63, 3.8) is 0 Å². The SMILES string of the molecule is CC1(NC(=O)CC(O)(c2nc3ccccc3s2)C(F)(F)F)CCS(=O)(=O)C1. The first-order valence-corrected chi connectivity index (χ1v) is 10.6. The molecule has 0 bridgehead atoms. The average Bonchev–Trinajstić information content (AvgIpc) is 3.06. The first-order chi connectivity index (χ1) is 12.3. The van der Waals surface area contributed by atoms with Crippen LogP contribution in [-0.2, 0) is 20.2 Å². The lowest BCUT2D eigenvalue weighted by Gasteiger charge is -2.30. The maximum absolute atomic E-state index is 13.7. The fraction of sp³-hybridized carbons (Fsp3) is 0.500. The number of hydrogen-bond acceptors (Lipinski definition) is 6. The molecule has 1 amide bonds. The number of carbonyl (C=O) groups excluding carboxylic acids is 1. The van der Waals surface area contributed by atoms with E-state index in [0.29, 0.717) is 16.0 Å². The first kappa shape index (κ1) is 20.0. The minimum absolute atomic E-state index is 0.104. The standard InChI is InChI=1S/C16H17F3N2O4S2/c1-14(6-7-27(24,25)9-14)21-12(22)8-15(23,16(17,18)19)13-20-10-4-2-3-5-11(10)26-13/h2-5,23H,6-9H2,1H3,(H,21,22). The number of alkyl halides is 3. The Balaban J connectivity index is 1.88. The van der Waals surface area contributed by atoms with E-state index in [1.807, 2.05) is 0 Å². The number of nitrogens with zero attached hydrogens (tertiary/aromatic N) is 1. The molecule has 148 valence electrons. The van der Waals surface area contributed by atoms with E-state index in [9.17, 15) is 31.5 Å². The van der Waals surface area contributed by atoms with Gasteiger partial charge in [0.25, 0.3) is 0 Å². The minimum Gasteiger partial charge on any atom is -0.374 e. The fourth-order valence-electron chi connectivity index (χ4n) is 3.07. The molecule has 2 aromatic rings. The van der Waals surface area contributed by atoms with Crippen LogP contribution in [0.15, 0.2) is 24.3 Å². The van der Waals surface area contributed by atoms with E-state index in [1.165, 1.54) is 13.0 Å². The number of fused-ring (bicyclic) bond motifs is 1. The summed E-state index contributed by atoms with van der Waals surface area (Å²) in [6, 6.07) is 6.31. The number of rotatable bonds is 4. The lowest BCUT2D eigenvalue weighted by molar-refractivity contribution is -0.267. The second-order valence-corrected chi connectivity index (χ2v) is 10.2. The third kappa shape index (κ3) is 3.94. The average molecular weight is 422 g/mol. The molecule has 1 aromatic carbocycles. The van der Waals surface area contributed by atoms with Crippen LogP contribution < -0.4 is 5.32 Å². The Morgan fingerprint density at radius 3 is 2.59 bits per heavy atom. The molecule has 0 saturated carbocycles. The summed E-state index contributed by atoms with van der Waals surface area (Å²) < 4.78 is 64.6. The number of carbonyl (C=O) groups is 1. The van der Waals surface area contributed by atoms with Crippen molar-refractivity contribution in [2.24, 2.45) is 0 Å². The minimum atomic E-state index is -5.14. The third-order valence-electron chi connectivity index (χ3n) is 4.48. The molecule has 1 aliphatic heterocycles. The summed E-state index contributed by atoms with van der Waals surface area (Å²) in [5.74, 6) is -1.59. The number of sulfone groups is 1. The Morgan fingerprint density at radius 1 is 1.37 bits per heavy atom. The summed E-state index contributed by atoms with van der Waals surface area (Å²) in [5.41, 5.74) is -4.33. The monoisotopic (exact) mass is 422 g/mol. The zero-order chi connectivity index (χ0) is 20.1. The molecule has 2 atom stereocenters. The van der Waals surface area contributed by atoms with Gasteiger partial charge in [0.15, 0.2) is 9.84 Å². The van der Waals surface area contributed by atoms with Gasteiger partial charge in [-0.05, 0) is 25.5 Å². The van der Waals surface area contributed by atoms with Gasteiger partial charge >= 0.3 is 6.18 Å². The summed E-state index contributed by atoms with van der Waals surface area (Å²) >= 11 is 0.658. The zero-order valence-electron chi connectivity index (χ0n) is 14.2. The molecule has 2 N–H and O–H groups in total. The fourth-order valence-corrected chi connectivity index (χ4v) is 6.24. The van der Waals surface area contributed by atoms with Gasteiger partial charge in [-0.25, -0.2) is 13.4 Å². The Morgan fingerprint density at radius 2 is 2.04 bits per heavy atom. The van der Waals surface area contributed by atoms with Crippen molar-refractivity contribution in [1.82, 2.24) is 10.3 Å². The molecule has 1 aliphatic rings. The van der Waals surface area contributed by atoms with E-state index in [0.717, 1.165) is 0 Å². The van der Waals surface area contributed by atoms with Crippen LogP contribution in [0, 0.1) is 0 Å². The van der Waals surface area contributed by atoms with Crippen molar-refractivity contribution in [2.45, 2.75) is 37.1 Å². The van der Waals surface area contributed by atoms with E-state index in [4.69, 9.17) is 0 Å². The highest BCUT2D eigenvalue weighted by atomic mass is 32.2. The van der Waals surface area contributed by atoms with Gasteiger partial charge in [-0.15, -0.1) is 11.3 Å². The van der Waals surface area contributed by atoms with Gasteiger partial charge < -0.3 is 10.4 Å². The number of halogens is 3. The molecule has 1 fully saturated rings. The van der Waals surface area contributed by atoms with Gasteiger partial charge in [-0.3, -0.25) is 4.79 Å². The highest BCUT2D eigenvalue weighted by molar-refractivity contribution is 7.91. The number of aromatic nitrogens is 1. The normalized spacial score (nSPS) is 24.6. The summed E-state index contributed by atoms with van der Waals surface area (Å²) in [5, 5.41) is 12.1. The number of amides is 1. The predicted molar refractivity (Wildman–Crippen MR) is 94.0 cm³/mol. The largest absolute Gasteiger partial charge is 0.424 e. The molecule has 0 aliphatic carbocycles. The smallest absolute Gasteiger partial charge is 0.374 e. The van der Waals surface area contributed by atoms with Crippen LogP contribution in [0.5, 0.6) is 0 Å². The topological polar surface area (TPSA) is 96.4 Å². The summed E-state index contributed by atoms with van der Waals surface area (Å²) in [6.07, 6.45) is -6.33. The second-order valence-electron chi connectivity index (χ2n) is 6.97. The molecule has 11 heteroatoms. The Bertz CT molecular complexity index is 956. The van der Waals surface area contributed by atoms with E-state index in [-0.39, 0.29) is 23.4 Å². The summed E-state index contributed by atoms with van der Waals surface area (Å²) in [6.45, 7) is 1.46. The highest BCUT2D eigenvalue weighted by Crippen LogP contribution is 2.44. The molecule has 6 nitrogen and oxygen atoms in total. The van der Waals surface area contributed by atoms with Crippen LogP contribution in [0.3, 0.4) is 0 Å². The summed E-state index contributed by atoms with van der Waals surface area (Å²) in [4.78, 5) is 16.1. The van der Waals surface area contributed by atoms with Crippen LogP contribution >= 0.6 is 11.3 Å². The number of benzene rings is 1. The lowest BCUT2D eigenvalue weighted by atomic mass is 9.96. The molecular formula is C16H17F3N2O4S2. The van der Waals surface area contributed by atoms with Gasteiger partial charge in [-0.1, -0.05) is 12.1 Å². The third-order valence-corrected chi connectivity index (χ3v) is 7.57. The van der Waals surface area contributed by atoms with Crippen molar-refractivity contribution < 1.29 is 31.5 Å². The molecule has 0 radical (unpaired) electrons. The number of aliphatic hydroxyl groups is 1. The van der Waals surface area contributed by atoms with Crippen molar-refractivity contribution in [2.75, 3.05) is 11.5 Å². The van der Waals surface area contributed by atoms with Crippen LogP contribution in [-0.4, -0.2) is 47.6 Å². The number of thiazole rings is 1. The van der Waals surface area contributed by atoms with Gasteiger partial charge in [-0.2, -0.15) is 13.2 Å². The molecule has 0 spiro atoms. The van der Waals surface area contributed by atoms with Crippen molar-refractivity contribution >= 4 is 37.3 Å². The first-order valence-electron chi connectivity index (χ1n) is 8.00. The molecule has 2 unspecified atom stereocenters. The number of para-hydroxylation sites is 1. The molecular weight excluding hydrogens is 405 g/mol. The van der Waals surface area contributed by atoms with E-state index < -0.39 is 44.5 Å². The molecule has 3 rings (SSSR count). The van der Waals surface area contributed by atoms with Crippen LogP contribution in [0.2, 0.25) is 0 Å². The highest BCUT2D eigenvalue weighted by Gasteiger charge is 2.58. The molecule has 1 saturated heterocycles. The van der Waals surface area contributed by atoms with Crippen molar-refractivity contribution in [1.29, 1.82) is 0 Å². The number of nitrogens with one attached hydrogen (secondary N) is 1. The second kappa shape index (κ2) is 6.42. The number of hydrogen-bond donors (Lipinski definition) is 2. The molecule has 2 heterocycles. The molecule has 1 aromatic heterocycles. The van der Waals surface area contributed by atoms with E-state index in [1.54, 1.807) is 18.2 Å². The van der Waals surface area contributed by atoms with Gasteiger partial charge in [0.1, 0.15) is 5.01 Å². The van der Waals surface area contributed by atoms with Crippen molar-refractivity contribution in [3.05, 3.63) is 29.3 Å². The zero-order valence-corrected chi connectivity index (χ0v) is 15.8. The Kier molecular flexibility index (Phi) is 4.76. The maximum Gasteiger partial charge on any atom is 0.424 e. The maximum atomic E-state index is 13.7. The molecule has 27 heavy (non-hydrogen) atoms. The van der Waals surface area contributed by atoms with Gasteiger partial charge in [0.2, 0.25) is 11.5 Å². The predicted octanol–water partition coefficient (Wildman–Crippen LogP) is 2.13. The lowest BCUT2D eigenvalue weighted by Crippen LogP contribution is -2.51. The van der Waals surface area contributed by atoms with Crippen molar-refractivity contribution in [3.8, 4) is 0 Å². The van der Waals surface area contributed by atoms with Gasteiger partial charge in [0, 0.05) is 0 Å². The van der Waals surface area contributed by atoms with E-state index in [2.05, 4.69) is 10.3 Å². The van der Waals surface area contributed by atoms with E-state index >= 15 is 0 Å². The van der Waals surface area contributed by atoms with Crippen LogP contribution in [0.4, 0.5) is 13.2 Å². The van der Waals surface area contributed by atoms with Gasteiger partial charge in [0.05, 0.1) is 33.7 Å². The van der Waals surface area contributed by atoms with Crippen LogP contribution in [0.1, 0.15) is 24.8 Å².